The lowest BCUT2D eigenvalue weighted by Gasteiger charge is -2.52. The second-order valence-corrected chi connectivity index (χ2v) is 23.1. The molecule has 1 aromatic heterocycles. The number of aliphatic hydroxyl groups is 3. The smallest absolute Gasteiger partial charge is 0.340 e. The van der Waals surface area contributed by atoms with E-state index in [1.165, 1.54) is 29.4 Å². The number of allylic oxidation sites excluding steroid dienone is 2. The first-order chi connectivity index (χ1) is 38.6. The summed E-state index contributed by atoms with van der Waals surface area (Å²) in [6, 6.07) is 40.0. The van der Waals surface area contributed by atoms with E-state index in [0.717, 1.165) is 42.4 Å². The molecule has 0 unspecified atom stereocenters. The highest BCUT2D eigenvalue weighted by Crippen LogP contribution is 2.62. The van der Waals surface area contributed by atoms with E-state index in [-0.39, 0.29) is 97.2 Å². The van der Waals surface area contributed by atoms with Crippen LogP contribution in [0.4, 0.5) is 0 Å². The van der Waals surface area contributed by atoms with E-state index in [1.54, 1.807) is 19.1 Å². The average Bonchev–Trinajstić information content (AvgIpc) is 4.15. The van der Waals surface area contributed by atoms with Crippen molar-refractivity contribution in [2.45, 2.75) is 119 Å². The molecule has 11 nitrogen and oxygen atoms in total. The Morgan fingerprint density at radius 3 is 2.41 bits per heavy atom. The molecule has 1 spiro atoms. The predicted molar refractivity (Wildman–Crippen MR) is 302 cm³/mol. The van der Waals surface area contributed by atoms with Crippen molar-refractivity contribution < 1.29 is 48.3 Å². The van der Waals surface area contributed by atoms with E-state index in [9.17, 15) is 20.1 Å². The molecule has 6 aromatic rings. The SMILES string of the molecule is COC[C@@H](CCO)c1c(CO)c2ccc3c(c2oc1=O)[C@H]1OC(=O)C[C@H]2C[C@H](c4cccc(Cc5ccccc5)c4)CC[C@H]2c2ccc(cc2)CC/C(=C(\C)CO)C(=O)O[C@@H]1[C@@]1(CC=C[C@H]2[C@H]4C=Cc5ccccc5[C@@H]4C[C@H]21)O3. The van der Waals surface area contributed by atoms with Crippen molar-refractivity contribution in [1.82, 2.24) is 0 Å². The summed E-state index contributed by atoms with van der Waals surface area (Å²) in [4.78, 5) is 45.7. The monoisotopic (exact) mass is 1060 g/mol. The summed E-state index contributed by atoms with van der Waals surface area (Å²) in [5.41, 5.74) is 7.83. The van der Waals surface area contributed by atoms with Crippen molar-refractivity contribution in [3.05, 3.63) is 211 Å². The normalized spacial score (nSPS) is 28.1. The van der Waals surface area contributed by atoms with Gasteiger partial charge < -0.3 is 38.7 Å². The molecular formula is C68H70O11. The van der Waals surface area contributed by atoms with Gasteiger partial charge in [-0.2, -0.15) is 0 Å². The van der Waals surface area contributed by atoms with Crippen molar-refractivity contribution in [2.24, 2.45) is 23.7 Å². The number of aryl methyl sites for hydroxylation is 1. The van der Waals surface area contributed by atoms with E-state index >= 15 is 9.59 Å². The van der Waals surface area contributed by atoms with Crippen LogP contribution in [0.15, 0.2) is 154 Å². The molecule has 0 amide bonds. The topological polar surface area (TPSA) is 162 Å². The third-order valence-electron chi connectivity index (χ3n) is 18.8. The van der Waals surface area contributed by atoms with Crippen molar-refractivity contribution in [2.75, 3.05) is 26.9 Å². The van der Waals surface area contributed by atoms with Crippen LogP contribution in [0.3, 0.4) is 0 Å². The quantitative estimate of drug-likeness (QED) is 0.0518. The summed E-state index contributed by atoms with van der Waals surface area (Å²) in [7, 11) is 1.51. The molecule has 408 valence electrons. The molecule has 0 saturated heterocycles. The lowest BCUT2D eigenvalue weighted by Crippen LogP contribution is -2.61. The lowest BCUT2D eigenvalue weighted by molar-refractivity contribution is -0.205. The minimum absolute atomic E-state index is 0.0395. The fourth-order valence-electron chi connectivity index (χ4n) is 15.0. The number of benzene rings is 5. The molecule has 13 rings (SSSR count). The molecule has 3 aliphatic heterocycles. The molecule has 11 heteroatoms. The van der Waals surface area contributed by atoms with Gasteiger partial charge in [0.1, 0.15) is 11.3 Å². The van der Waals surface area contributed by atoms with Gasteiger partial charge in [-0.05, 0) is 156 Å². The third-order valence-corrected chi connectivity index (χ3v) is 18.8. The number of ether oxygens (including phenoxy) is 4. The minimum atomic E-state index is -1.36. The van der Waals surface area contributed by atoms with Crippen molar-refractivity contribution >= 4 is 29.0 Å². The molecule has 11 atom stereocenters. The first-order valence-electron chi connectivity index (χ1n) is 28.5. The van der Waals surface area contributed by atoms with Gasteiger partial charge in [-0.15, -0.1) is 0 Å². The Kier molecular flexibility index (Phi) is 14.9. The Labute approximate surface area is 461 Å². The van der Waals surface area contributed by atoms with Crippen molar-refractivity contribution in [3.63, 3.8) is 0 Å². The Balaban J connectivity index is 1.02. The van der Waals surface area contributed by atoms with Crippen LogP contribution in [0.5, 0.6) is 5.75 Å². The van der Waals surface area contributed by atoms with Gasteiger partial charge >= 0.3 is 17.6 Å². The zero-order chi connectivity index (χ0) is 54.4. The highest BCUT2D eigenvalue weighted by molar-refractivity contribution is 5.90. The van der Waals surface area contributed by atoms with Crippen LogP contribution in [-0.4, -0.2) is 65.9 Å². The summed E-state index contributed by atoms with van der Waals surface area (Å²) < 4.78 is 33.7. The molecule has 2 bridgehead atoms. The van der Waals surface area contributed by atoms with Crippen LogP contribution in [0.2, 0.25) is 0 Å². The number of carbonyl (C=O) groups is 2. The largest absolute Gasteiger partial charge is 0.482 e. The number of fused-ring (bicyclic) bond motifs is 17. The Morgan fingerprint density at radius 1 is 0.797 bits per heavy atom. The minimum Gasteiger partial charge on any atom is -0.482 e. The van der Waals surface area contributed by atoms with Gasteiger partial charge in [0, 0.05) is 54.9 Å². The van der Waals surface area contributed by atoms with Gasteiger partial charge in [0.2, 0.25) is 0 Å². The Morgan fingerprint density at radius 2 is 1.61 bits per heavy atom. The number of hydrogen-bond acceptors (Lipinski definition) is 11. The summed E-state index contributed by atoms with van der Waals surface area (Å²) in [6.07, 6.45) is 11.6. The first kappa shape index (κ1) is 52.8. The van der Waals surface area contributed by atoms with Gasteiger partial charge in [0.15, 0.2) is 17.8 Å². The zero-order valence-corrected chi connectivity index (χ0v) is 45.1. The van der Waals surface area contributed by atoms with Crippen LogP contribution in [-0.2, 0) is 43.2 Å². The van der Waals surface area contributed by atoms with Gasteiger partial charge in [-0.3, -0.25) is 4.79 Å². The maximum absolute atomic E-state index is 15.7. The Bertz CT molecular complexity index is 3400. The number of aliphatic hydroxyl groups excluding tert-OH is 3. The zero-order valence-electron chi connectivity index (χ0n) is 45.1. The maximum atomic E-state index is 15.7. The van der Waals surface area contributed by atoms with E-state index in [4.69, 9.17) is 23.4 Å². The first-order valence-corrected chi connectivity index (χ1v) is 28.5. The van der Waals surface area contributed by atoms with Gasteiger partial charge in [-0.1, -0.05) is 127 Å². The van der Waals surface area contributed by atoms with Gasteiger partial charge in [-0.25, -0.2) is 9.59 Å². The Hall–Kier alpha value is -6.89. The summed E-state index contributed by atoms with van der Waals surface area (Å²) in [6.45, 7) is 0.677. The molecule has 0 radical (unpaired) electrons. The maximum Gasteiger partial charge on any atom is 0.340 e. The fraction of sp³-hybridized carbons (Fsp3) is 0.397. The molecular weight excluding hydrogens is 993 g/mol. The van der Waals surface area contributed by atoms with E-state index in [2.05, 4.69) is 121 Å². The van der Waals surface area contributed by atoms with Crippen LogP contribution in [0.1, 0.15) is 144 Å². The third kappa shape index (κ3) is 9.81. The second-order valence-electron chi connectivity index (χ2n) is 23.1. The number of methoxy groups -OCH3 is 1. The number of hydrogen-bond donors (Lipinski definition) is 3. The second kappa shape index (κ2) is 22.3. The highest BCUT2D eigenvalue weighted by Gasteiger charge is 2.64. The van der Waals surface area contributed by atoms with E-state index < -0.39 is 47.9 Å². The molecule has 2 saturated carbocycles. The molecule has 4 aliphatic carbocycles. The highest BCUT2D eigenvalue weighted by atomic mass is 16.6. The lowest BCUT2D eigenvalue weighted by atomic mass is 9.66. The fourth-order valence-corrected chi connectivity index (χ4v) is 15.0. The van der Waals surface area contributed by atoms with Crippen molar-refractivity contribution in [3.8, 4) is 5.75 Å². The van der Waals surface area contributed by atoms with Crippen LogP contribution >= 0.6 is 0 Å². The van der Waals surface area contributed by atoms with E-state index in [0.29, 0.717) is 47.1 Å². The standard InChI is InChI=1S/C68H70O11/c1-40(37-70)50-24-19-41-17-20-45(21-18-41)51-25-23-47(46-14-8-12-43(33-46)32-42-10-4-3-5-11-42)34-49(51)35-60(72)76-64-62-59(28-27-55-57(38-71)61(67(74)77-63(55)62)48(29-31-69)39-75-2)79-68(65(64)78-66(50)73)30-9-16-54-53-26-22-44-13-6-7-15-52(44)56(53)36-58(54)68/h3-18,20-22,26-28,33,47-49,51,53-54,56,58,64-65,69-71H,19,23-25,29-32,34-39H2,1-2H3/b50-40-/t47-,48-,49-,51+,53-,54+,56+,58-,64-,65+,68+/m1/s1. The predicted octanol–water partition coefficient (Wildman–Crippen LogP) is 11.7. The van der Waals surface area contributed by atoms with Gasteiger partial charge in [0.05, 0.1) is 25.4 Å². The van der Waals surface area contributed by atoms with Crippen LogP contribution < -0.4 is 10.4 Å². The molecule has 7 aliphatic rings. The molecule has 2 fully saturated rings. The molecule has 79 heavy (non-hydrogen) atoms. The molecule has 5 aromatic carbocycles. The summed E-state index contributed by atoms with van der Waals surface area (Å²) >= 11 is 0. The number of rotatable bonds is 10. The molecule has 3 N–H and O–H groups in total. The van der Waals surface area contributed by atoms with E-state index in [1.807, 2.05) is 6.07 Å². The molecule has 4 heterocycles. The number of esters is 2. The summed E-state index contributed by atoms with van der Waals surface area (Å²) in [5, 5.41) is 32.5. The number of carbonyl (C=O) groups excluding carboxylic acids is 2. The van der Waals surface area contributed by atoms with Crippen LogP contribution in [0, 0.1) is 23.7 Å². The van der Waals surface area contributed by atoms with Crippen molar-refractivity contribution in [1.29, 1.82) is 0 Å². The summed E-state index contributed by atoms with van der Waals surface area (Å²) in [5.74, 6) is -1.41. The average molecular weight is 1060 g/mol. The van der Waals surface area contributed by atoms with Gasteiger partial charge in [0.25, 0.3) is 0 Å². The van der Waals surface area contributed by atoms with Crippen LogP contribution in [0.25, 0.3) is 17.0 Å².